The molecule has 0 spiro atoms. The Balaban J connectivity index is 1.67. The molecule has 0 aliphatic rings. The van der Waals surface area contributed by atoms with Crippen molar-refractivity contribution in [3.8, 4) is 17.1 Å². The lowest BCUT2D eigenvalue weighted by atomic mass is 10.1. The number of halogens is 1. The fourth-order valence-corrected chi connectivity index (χ4v) is 3.00. The highest BCUT2D eigenvalue weighted by molar-refractivity contribution is 9.10. The van der Waals surface area contributed by atoms with E-state index in [0.29, 0.717) is 11.3 Å². The molecule has 2 aromatic carbocycles. The number of benzene rings is 2. The number of carbonyl (C=O) groups is 1. The Morgan fingerprint density at radius 1 is 1.17 bits per heavy atom. The van der Waals surface area contributed by atoms with Gasteiger partial charge < -0.3 is 5.73 Å². The summed E-state index contributed by atoms with van der Waals surface area (Å²) in [7, 11) is 0. The lowest BCUT2D eigenvalue weighted by Crippen LogP contribution is -2.19. The van der Waals surface area contributed by atoms with Gasteiger partial charge in [-0.1, -0.05) is 63.6 Å². The molecular weight excluding hydrogens is 440 g/mol. The zero-order chi connectivity index (χ0) is 20.2. The lowest BCUT2D eigenvalue weighted by molar-refractivity contribution is 0.0950. The molecule has 0 saturated carbocycles. The van der Waals surface area contributed by atoms with Gasteiger partial charge in [0.1, 0.15) is 5.69 Å². The Hall–Kier alpha value is -3.86. The van der Waals surface area contributed by atoms with E-state index in [1.54, 1.807) is 12.1 Å². The van der Waals surface area contributed by atoms with Crippen LogP contribution in [0.5, 0.6) is 0 Å². The van der Waals surface area contributed by atoms with Crippen LogP contribution in [-0.2, 0) is 0 Å². The highest BCUT2D eigenvalue weighted by atomic mass is 79.9. The van der Waals surface area contributed by atoms with Gasteiger partial charge in [-0.2, -0.15) is 9.78 Å². The summed E-state index contributed by atoms with van der Waals surface area (Å²) in [6.07, 6.45) is 1.52. The molecule has 0 bridgehead atoms. The fraction of sp³-hybridized carbons (Fsp3) is 0. The molecule has 0 saturated heterocycles. The number of hydrogen-bond donors (Lipinski definition) is 2. The van der Waals surface area contributed by atoms with Gasteiger partial charge >= 0.3 is 0 Å². The second kappa shape index (κ2) is 8.02. The molecule has 29 heavy (non-hydrogen) atoms. The first kappa shape index (κ1) is 18.5. The van der Waals surface area contributed by atoms with Crippen molar-refractivity contribution >= 4 is 33.9 Å². The van der Waals surface area contributed by atoms with Crippen LogP contribution >= 0.6 is 15.9 Å². The van der Waals surface area contributed by atoms with E-state index in [4.69, 9.17) is 5.73 Å². The minimum absolute atomic E-state index is 0.0201. The number of amides is 1. The number of hydrazone groups is 1. The quantitative estimate of drug-likeness (QED) is 0.350. The van der Waals surface area contributed by atoms with Gasteiger partial charge in [-0.15, -0.1) is 5.10 Å². The molecule has 1 amide bonds. The zero-order valence-corrected chi connectivity index (χ0v) is 16.3. The summed E-state index contributed by atoms with van der Waals surface area (Å²) in [4.78, 5) is 12.7. The van der Waals surface area contributed by atoms with E-state index in [1.165, 1.54) is 10.9 Å². The normalized spacial score (nSPS) is 11.1. The topological polar surface area (TPSA) is 137 Å². The van der Waals surface area contributed by atoms with E-state index in [-0.39, 0.29) is 17.3 Å². The highest BCUT2D eigenvalue weighted by Crippen LogP contribution is 2.26. The first-order chi connectivity index (χ1) is 14.1. The first-order valence-electron chi connectivity index (χ1n) is 8.32. The van der Waals surface area contributed by atoms with Crippen LogP contribution in [0.1, 0.15) is 16.1 Å². The van der Waals surface area contributed by atoms with Crippen LogP contribution in [0.15, 0.2) is 68.8 Å². The SMILES string of the molecule is Nc1nonc1-n1nnc(C(=O)N/N=C/c2cccc(Br)c2)c1-c1ccccc1. The summed E-state index contributed by atoms with van der Waals surface area (Å²) in [6.45, 7) is 0. The number of aromatic nitrogens is 5. The number of nitrogens with two attached hydrogens (primary N) is 1. The number of nitrogens with zero attached hydrogens (tertiary/aromatic N) is 6. The summed E-state index contributed by atoms with van der Waals surface area (Å²) in [5, 5.41) is 19.3. The highest BCUT2D eigenvalue weighted by Gasteiger charge is 2.24. The van der Waals surface area contributed by atoms with Gasteiger partial charge in [0, 0.05) is 10.0 Å². The second-order valence-electron chi connectivity index (χ2n) is 5.79. The second-order valence-corrected chi connectivity index (χ2v) is 6.71. The summed E-state index contributed by atoms with van der Waals surface area (Å²) in [5.74, 6) is -0.392. The van der Waals surface area contributed by atoms with Crippen LogP contribution < -0.4 is 11.2 Å². The predicted octanol–water partition coefficient (Wildman–Crippen LogP) is 2.43. The Labute approximate surface area is 172 Å². The van der Waals surface area contributed by atoms with Crippen molar-refractivity contribution < 1.29 is 9.42 Å². The molecule has 0 aliphatic heterocycles. The molecule has 2 aromatic heterocycles. The molecule has 0 unspecified atom stereocenters. The largest absolute Gasteiger partial charge is 0.378 e. The number of carbonyl (C=O) groups excluding carboxylic acids is 1. The smallest absolute Gasteiger partial charge is 0.294 e. The molecule has 0 aliphatic carbocycles. The van der Waals surface area contributed by atoms with Crippen LogP contribution in [0.4, 0.5) is 5.82 Å². The Kier molecular flexibility index (Phi) is 5.12. The molecule has 0 atom stereocenters. The molecule has 2 heterocycles. The Bertz CT molecular complexity index is 1190. The molecular formula is C18H13BrN8O2. The average molecular weight is 453 g/mol. The molecule has 0 fully saturated rings. The predicted molar refractivity (Wildman–Crippen MR) is 108 cm³/mol. The number of nitrogens with one attached hydrogen (secondary N) is 1. The molecule has 11 heteroatoms. The monoisotopic (exact) mass is 452 g/mol. The van der Waals surface area contributed by atoms with Crippen molar-refractivity contribution in [1.82, 2.24) is 30.7 Å². The van der Waals surface area contributed by atoms with Gasteiger partial charge in [-0.05, 0) is 28.0 Å². The van der Waals surface area contributed by atoms with E-state index in [1.807, 2.05) is 42.5 Å². The van der Waals surface area contributed by atoms with Crippen molar-refractivity contribution in [2.75, 3.05) is 5.73 Å². The molecule has 4 rings (SSSR count). The standard InChI is InChI=1S/C18H13BrN8O2/c19-13-8-4-5-11(9-13)10-21-23-18(28)14-15(12-6-2-1-3-7-12)27(26-22-14)17-16(20)24-29-25-17/h1-10H,(H2,20,24)(H,23,28)/b21-10+. The van der Waals surface area contributed by atoms with E-state index in [9.17, 15) is 4.79 Å². The van der Waals surface area contributed by atoms with Crippen molar-refractivity contribution in [2.45, 2.75) is 0 Å². The number of rotatable bonds is 5. The third kappa shape index (κ3) is 3.89. The van der Waals surface area contributed by atoms with Gasteiger partial charge in [-0.25, -0.2) is 10.1 Å². The van der Waals surface area contributed by atoms with Crippen molar-refractivity contribution in [3.05, 3.63) is 70.3 Å². The van der Waals surface area contributed by atoms with Gasteiger partial charge in [0.15, 0.2) is 5.69 Å². The summed E-state index contributed by atoms with van der Waals surface area (Å²) >= 11 is 3.38. The van der Waals surface area contributed by atoms with E-state index >= 15 is 0 Å². The van der Waals surface area contributed by atoms with E-state index < -0.39 is 5.91 Å². The summed E-state index contributed by atoms with van der Waals surface area (Å²) in [6, 6.07) is 16.6. The van der Waals surface area contributed by atoms with Crippen molar-refractivity contribution in [3.63, 3.8) is 0 Å². The minimum Gasteiger partial charge on any atom is -0.378 e. The summed E-state index contributed by atoms with van der Waals surface area (Å²) < 4.78 is 6.85. The van der Waals surface area contributed by atoms with Crippen molar-refractivity contribution in [1.29, 1.82) is 0 Å². The van der Waals surface area contributed by atoms with Crippen LogP contribution in [0, 0.1) is 0 Å². The number of nitrogen functional groups attached to an aromatic ring is 1. The molecule has 3 N–H and O–H groups in total. The molecule has 4 aromatic rings. The molecule has 144 valence electrons. The first-order valence-corrected chi connectivity index (χ1v) is 9.11. The van der Waals surface area contributed by atoms with Crippen LogP contribution in [-0.4, -0.2) is 37.4 Å². The van der Waals surface area contributed by atoms with E-state index in [0.717, 1.165) is 10.0 Å². The fourth-order valence-electron chi connectivity index (χ4n) is 2.58. The van der Waals surface area contributed by atoms with Gasteiger partial charge in [0.2, 0.25) is 11.6 Å². The van der Waals surface area contributed by atoms with E-state index in [2.05, 4.69) is 51.7 Å². The maximum atomic E-state index is 12.7. The third-order valence-corrected chi connectivity index (χ3v) is 4.35. The average Bonchev–Trinajstić information content (AvgIpc) is 3.34. The molecule has 0 radical (unpaired) electrons. The van der Waals surface area contributed by atoms with Crippen LogP contribution in [0.25, 0.3) is 17.1 Å². The summed E-state index contributed by atoms with van der Waals surface area (Å²) in [5.41, 5.74) is 10.2. The third-order valence-electron chi connectivity index (χ3n) is 3.86. The molecule has 10 nitrogen and oxygen atoms in total. The Morgan fingerprint density at radius 3 is 2.72 bits per heavy atom. The number of hydrogen-bond acceptors (Lipinski definition) is 8. The lowest BCUT2D eigenvalue weighted by Gasteiger charge is -2.05. The van der Waals surface area contributed by atoms with Crippen LogP contribution in [0.3, 0.4) is 0 Å². The van der Waals surface area contributed by atoms with Gasteiger partial charge in [0.05, 0.1) is 6.21 Å². The zero-order valence-electron chi connectivity index (χ0n) is 14.7. The maximum Gasteiger partial charge on any atom is 0.294 e. The van der Waals surface area contributed by atoms with Gasteiger partial charge in [-0.3, -0.25) is 4.79 Å². The van der Waals surface area contributed by atoms with Crippen molar-refractivity contribution in [2.24, 2.45) is 5.10 Å². The Morgan fingerprint density at radius 2 is 2.00 bits per heavy atom. The van der Waals surface area contributed by atoms with Gasteiger partial charge in [0.25, 0.3) is 5.91 Å². The maximum absolute atomic E-state index is 12.7. The number of anilines is 1. The van der Waals surface area contributed by atoms with Crippen LogP contribution in [0.2, 0.25) is 0 Å². The minimum atomic E-state index is -0.545.